The van der Waals surface area contributed by atoms with Crippen LogP contribution in [0.2, 0.25) is 0 Å². The molecule has 0 radical (unpaired) electrons. The Morgan fingerprint density at radius 3 is 1.49 bits per heavy atom. The molecule has 8 atom stereocenters. The number of guanidine groups is 4. The Morgan fingerprint density at radius 2 is 0.927 bits per heavy atom. The predicted molar refractivity (Wildman–Crippen MR) is 418 cm³/mol. The quantitative estimate of drug-likeness (QED) is 0.121. The molecule has 0 fully saturated rings. The van der Waals surface area contributed by atoms with Crippen molar-refractivity contribution in [3.8, 4) is 0 Å². The number of hydrogen-bond donors (Lipinski definition) is 4. The Balaban J connectivity index is 0.000000107. The molecule has 12 aromatic rings. The first-order valence-electron chi connectivity index (χ1n) is 34.2. The van der Waals surface area contributed by atoms with E-state index in [-0.39, 0.29) is 70.8 Å². The van der Waals surface area contributed by atoms with Crippen molar-refractivity contribution in [1.29, 1.82) is 0 Å². The number of rotatable bonds is 4. The van der Waals surface area contributed by atoms with Crippen LogP contribution in [0, 0.1) is 81.3 Å². The SMILES string of the molecule is [C-]#[N+]c1ccc(C23N=C(N)N(C)C(=O)C2Cc2c3cnc3c(C)c(C)sc23)s1.[C-]#[N+]c1ccc(C23N=C(N)N(C)C(=O)C2Cc2c3n(C)c3cc(F)ccc23)s1.[C-]#[N+]c1ccc(C23N=C(N)N(C)C(=O)C2Cn2c3cc3cc(F)ccc32)s1.[C-]#[N+]c1ccc(C23N=C(N)N(C)C(=O)C2Cn2c3nc3cc(F)ccc32)s1. The van der Waals surface area contributed by atoms with Gasteiger partial charge in [0.25, 0.3) is 0 Å². The zero-order valence-corrected chi connectivity index (χ0v) is 63.4. The van der Waals surface area contributed by atoms with Crippen LogP contribution in [-0.2, 0) is 74.3 Å². The van der Waals surface area contributed by atoms with Crippen LogP contribution >= 0.6 is 56.7 Å². The maximum atomic E-state index is 13.9. The molecule has 548 valence electrons. The van der Waals surface area contributed by atoms with Gasteiger partial charge in [-0.2, -0.15) is 45.3 Å². The molecule has 0 spiro atoms. The number of carbonyl (C=O) groups is 4. The van der Waals surface area contributed by atoms with Crippen LogP contribution in [0.1, 0.15) is 63.9 Å². The van der Waals surface area contributed by atoms with Gasteiger partial charge < -0.3 is 36.6 Å². The largest absolute Gasteiger partial charge is 0.369 e. The van der Waals surface area contributed by atoms with Crippen LogP contribution in [0.3, 0.4) is 0 Å². The molecule has 8 unspecified atom stereocenters. The topological polar surface area (TPSA) is 293 Å². The van der Waals surface area contributed by atoms with E-state index in [9.17, 15) is 32.3 Å². The van der Waals surface area contributed by atoms with Gasteiger partial charge >= 0.3 is 0 Å². The summed E-state index contributed by atoms with van der Waals surface area (Å²) in [6.07, 6.45) is 2.95. The van der Waals surface area contributed by atoms with E-state index >= 15 is 0 Å². The maximum absolute atomic E-state index is 13.9. The summed E-state index contributed by atoms with van der Waals surface area (Å²) in [5.41, 5.74) is 30.2. The number of carbonyl (C=O) groups excluding carboxylic acids is 4. The molecule has 6 aliphatic heterocycles. The normalized spacial score (nSPS) is 23.7. The summed E-state index contributed by atoms with van der Waals surface area (Å²) < 4.78 is 48.3. The number of fused-ring (bicyclic) bond motifs is 20. The van der Waals surface area contributed by atoms with Crippen LogP contribution in [0.25, 0.3) is 62.4 Å². The Morgan fingerprint density at radius 1 is 0.482 bits per heavy atom. The number of imidazole rings is 1. The van der Waals surface area contributed by atoms with E-state index in [1.165, 1.54) is 112 Å². The first-order chi connectivity index (χ1) is 52.7. The molecule has 2 aliphatic carbocycles. The van der Waals surface area contributed by atoms with Crippen molar-refractivity contribution in [2.24, 2.45) is 73.6 Å². The van der Waals surface area contributed by atoms with Crippen molar-refractivity contribution in [1.82, 2.24) is 43.3 Å². The van der Waals surface area contributed by atoms with Crippen molar-refractivity contribution < 1.29 is 32.3 Å². The minimum absolute atomic E-state index is 0.0420. The zero-order chi connectivity index (χ0) is 77.4. The maximum Gasteiger partial charge on any atom is 0.241 e. The first-order valence-corrected chi connectivity index (χ1v) is 38.3. The van der Waals surface area contributed by atoms with Gasteiger partial charge in [0.2, 0.25) is 43.6 Å². The fourth-order valence-electron chi connectivity index (χ4n) is 17.1. The highest BCUT2D eigenvalue weighted by Gasteiger charge is 2.62. The monoisotopic (exact) mass is 1560 g/mol. The van der Waals surface area contributed by atoms with Gasteiger partial charge in [-0.25, -0.2) is 57.5 Å². The summed E-state index contributed by atoms with van der Waals surface area (Å²) in [4.78, 5) is 105. The van der Waals surface area contributed by atoms with Crippen LogP contribution < -0.4 is 22.9 Å². The highest BCUT2D eigenvalue weighted by molar-refractivity contribution is 7.19. The minimum atomic E-state index is -1.10. The van der Waals surface area contributed by atoms with E-state index in [1.807, 2.05) is 51.2 Å². The number of nitrogens with two attached hydrogens (primary N) is 4. The number of pyridine rings is 1. The number of hydrogen-bond acceptors (Lipinski definition) is 19. The van der Waals surface area contributed by atoms with Crippen molar-refractivity contribution in [3.63, 3.8) is 0 Å². The molecule has 8 aliphatic rings. The molecule has 0 bridgehead atoms. The van der Waals surface area contributed by atoms with Crippen molar-refractivity contribution >= 4 is 167 Å². The second-order valence-corrected chi connectivity index (χ2v) is 33.3. The summed E-state index contributed by atoms with van der Waals surface area (Å²) in [5.74, 6) is -2.10. The molecule has 4 amide bonds. The van der Waals surface area contributed by atoms with E-state index in [2.05, 4.69) is 38.2 Å². The summed E-state index contributed by atoms with van der Waals surface area (Å²) in [6.45, 7) is 34.2. The van der Waals surface area contributed by atoms with Crippen LogP contribution in [0.4, 0.5) is 33.2 Å². The zero-order valence-electron chi connectivity index (χ0n) is 59.3. The lowest BCUT2D eigenvalue weighted by molar-refractivity contribution is -0.134. The molecular weight excluding hydrogens is 1500 g/mol. The molecule has 25 nitrogen and oxygen atoms in total. The summed E-state index contributed by atoms with van der Waals surface area (Å²) in [7, 11) is 8.37. The fourth-order valence-corrected chi connectivity index (χ4v) is 22.2. The number of halogens is 3. The van der Waals surface area contributed by atoms with Gasteiger partial charge in [0.15, 0.2) is 34.9 Å². The Labute approximate surface area is 644 Å². The molecular formula is C77H60F3N21O4S5. The van der Waals surface area contributed by atoms with Crippen molar-refractivity contribution in [2.45, 2.75) is 61.9 Å². The lowest BCUT2D eigenvalue weighted by atomic mass is 9.80. The highest BCUT2D eigenvalue weighted by Crippen LogP contribution is 2.60. The number of nitrogens with zero attached hydrogens (tertiary/aromatic N) is 17. The van der Waals surface area contributed by atoms with E-state index in [4.69, 9.17) is 74.2 Å². The van der Waals surface area contributed by atoms with Gasteiger partial charge in [-0.3, -0.25) is 43.8 Å². The second-order valence-electron chi connectivity index (χ2n) is 27.8. The van der Waals surface area contributed by atoms with Crippen molar-refractivity contribution in [2.75, 3.05) is 28.2 Å². The summed E-state index contributed by atoms with van der Waals surface area (Å²) in [5, 5.41) is 3.80. The van der Waals surface area contributed by atoms with Gasteiger partial charge in [-0.15, -0.1) is 11.3 Å². The van der Waals surface area contributed by atoms with Gasteiger partial charge in [-0.1, -0.05) is 24.3 Å². The standard InChI is InChI=1S/C20H16FN5OS.C20H17N5OS2.C19H14FN5OS.C18H13FN6OS/c1-23-16-7-6-15(28-16)20-13(18(27)26(3)19(22)24-20)9-12-11-5-4-10(21)8-14(11)25(2)17(12)20;1-9-10(2)27-17-11-7-12-18(26)25(4)19(21)24-20(12,13(11)8-23-16(9)17)14-5-6-15(22-3)28-14;1-22-16-6-5-15(27-16)19-12(17(26)24(2)18(21)23-19)9-25-13-4-3-11(20)7-10(13)8-14(19)25;1-21-14-6-5-13(27-14)18-10(15(26)24(2)17(20)23-18)8-25-12-4-3-9(19)7-11(12)22-16(18)25/h4-8,13H,9H2,2-3H3,(H2,22,24);5-6,8,12H,7H2,1-2,4H3,(H2,21,24);3-8,12H,9H2,2H3,(H2,21,23);3-7,10H,8H2,2H3,(H2,20,23). The van der Waals surface area contributed by atoms with Gasteiger partial charge in [0.05, 0.1) is 88.1 Å². The van der Waals surface area contributed by atoms with E-state index < -0.39 is 39.9 Å². The van der Waals surface area contributed by atoms with E-state index in [0.717, 1.165) is 85.1 Å². The van der Waals surface area contributed by atoms with E-state index in [1.54, 1.807) is 88.1 Å². The number of aliphatic imine (C=N–C) groups is 4. The lowest BCUT2D eigenvalue weighted by Gasteiger charge is -2.38. The molecule has 3 aromatic carbocycles. The molecule has 0 saturated carbocycles. The molecule has 110 heavy (non-hydrogen) atoms. The first kappa shape index (κ1) is 70.6. The predicted octanol–water partition coefficient (Wildman–Crippen LogP) is 12.4. The lowest BCUT2D eigenvalue weighted by Crippen LogP contribution is -2.54. The number of aromatic nitrogens is 5. The second kappa shape index (κ2) is 25.1. The Kier molecular flexibility index (Phi) is 16.1. The molecule has 20 rings (SSSR count). The summed E-state index contributed by atoms with van der Waals surface area (Å²) >= 11 is 7.01. The Hall–Kier alpha value is -12.4. The molecule has 15 heterocycles. The highest BCUT2D eigenvalue weighted by atomic mass is 32.1. The van der Waals surface area contributed by atoms with Crippen molar-refractivity contribution in [3.05, 3.63) is 242 Å². The Bertz CT molecular complexity index is 6250. The average molecular weight is 1560 g/mol. The van der Waals surface area contributed by atoms with E-state index in [0.29, 0.717) is 57.3 Å². The molecule has 33 heteroatoms. The number of thiophene rings is 5. The minimum Gasteiger partial charge on any atom is -0.369 e. The number of benzene rings is 3. The third kappa shape index (κ3) is 9.80. The molecule has 9 aromatic heterocycles. The average Bonchev–Trinajstić information content (AvgIpc) is 1.53. The fraction of sp³-hybridized carbons (Fsp3) is 0.247. The molecule has 8 N–H and O–H groups in total. The van der Waals surface area contributed by atoms with Crippen LogP contribution in [0.15, 0.2) is 135 Å². The third-order valence-electron chi connectivity index (χ3n) is 22.5. The van der Waals surface area contributed by atoms with Gasteiger partial charge in [0.1, 0.15) is 34.4 Å². The smallest absolute Gasteiger partial charge is 0.241 e. The summed E-state index contributed by atoms with van der Waals surface area (Å²) in [6, 6.07) is 30.0. The van der Waals surface area contributed by atoms with Crippen LogP contribution in [0.5, 0.6) is 0 Å². The number of aryl methyl sites for hydroxylation is 3. The van der Waals surface area contributed by atoms with Gasteiger partial charge in [0, 0.05) is 107 Å². The third-order valence-corrected chi connectivity index (χ3v) is 28.2. The molecule has 0 saturated heterocycles. The van der Waals surface area contributed by atoms with Crippen LogP contribution in [-0.4, -0.2) is 119 Å². The van der Waals surface area contributed by atoms with Gasteiger partial charge in [-0.05, 0) is 122 Å². The number of amides is 4.